The predicted molar refractivity (Wildman–Crippen MR) is 83.5 cm³/mol. The third-order valence-electron chi connectivity index (χ3n) is 3.15. The van der Waals surface area contributed by atoms with E-state index in [1.807, 2.05) is 55.5 Å². The van der Waals surface area contributed by atoms with Crippen molar-refractivity contribution in [2.24, 2.45) is 4.99 Å². The van der Waals surface area contributed by atoms with Gasteiger partial charge in [0.15, 0.2) is 0 Å². The molecule has 0 aromatic heterocycles. The Balaban J connectivity index is 2.04. The molecule has 0 N–H and O–H groups in total. The topological polar surface area (TPSA) is 29.4 Å². The number of Topliss-reactive ketones (excluding diaryl/α,β-unsaturated/α-hetero) is 1. The zero-order chi connectivity index (χ0) is 14.4. The van der Waals surface area contributed by atoms with Crippen molar-refractivity contribution in [1.29, 1.82) is 0 Å². The van der Waals surface area contributed by atoms with Gasteiger partial charge < -0.3 is 0 Å². The first-order valence-corrected chi connectivity index (χ1v) is 6.85. The van der Waals surface area contributed by atoms with E-state index in [0.717, 1.165) is 6.42 Å². The minimum absolute atomic E-state index is 0.00510. The molecule has 2 aromatic carbocycles. The molecular formula is C18H19NO. The van der Waals surface area contributed by atoms with E-state index in [1.54, 1.807) is 6.92 Å². The number of carbonyl (C=O) groups is 1. The monoisotopic (exact) mass is 265 g/mol. The van der Waals surface area contributed by atoms with Crippen LogP contribution >= 0.6 is 0 Å². The highest BCUT2D eigenvalue weighted by molar-refractivity contribution is 6.45. The molecule has 0 heterocycles. The number of ketones is 1. The smallest absolute Gasteiger partial charge is 0.206 e. The van der Waals surface area contributed by atoms with Crippen molar-refractivity contribution >= 4 is 11.5 Å². The molecule has 0 aliphatic carbocycles. The molecule has 1 unspecified atom stereocenters. The van der Waals surface area contributed by atoms with Gasteiger partial charge in [0.1, 0.15) is 0 Å². The van der Waals surface area contributed by atoms with Gasteiger partial charge >= 0.3 is 0 Å². The average Bonchev–Trinajstić information content (AvgIpc) is 2.48. The number of hydrogen-bond donors (Lipinski definition) is 0. The van der Waals surface area contributed by atoms with Crippen LogP contribution in [0.2, 0.25) is 0 Å². The molecule has 102 valence electrons. The molecule has 0 aliphatic heterocycles. The molecule has 20 heavy (non-hydrogen) atoms. The standard InChI is InChI=1S/C18H19NO/c1-14(13-16-9-5-3-6-10-16)19-15(2)18(20)17-11-7-4-8-12-17/h3-12,14H,13H2,1-2H3. The molecule has 0 saturated carbocycles. The summed E-state index contributed by atoms with van der Waals surface area (Å²) in [4.78, 5) is 16.7. The quantitative estimate of drug-likeness (QED) is 0.594. The first kappa shape index (κ1) is 14.2. The fourth-order valence-corrected chi connectivity index (χ4v) is 2.19. The molecule has 0 amide bonds. The van der Waals surface area contributed by atoms with Crippen LogP contribution in [0, 0.1) is 0 Å². The van der Waals surface area contributed by atoms with E-state index >= 15 is 0 Å². The minimum Gasteiger partial charge on any atom is -0.287 e. The number of aliphatic imine (C=N–C) groups is 1. The van der Waals surface area contributed by atoms with Crippen LogP contribution in [-0.4, -0.2) is 17.5 Å². The lowest BCUT2D eigenvalue weighted by Gasteiger charge is -2.08. The summed E-state index contributed by atoms with van der Waals surface area (Å²) in [6.45, 7) is 3.82. The summed E-state index contributed by atoms with van der Waals surface area (Å²) in [7, 11) is 0. The third kappa shape index (κ3) is 3.89. The van der Waals surface area contributed by atoms with E-state index in [0.29, 0.717) is 11.3 Å². The van der Waals surface area contributed by atoms with E-state index in [4.69, 9.17) is 0 Å². The van der Waals surface area contributed by atoms with Crippen molar-refractivity contribution in [3.63, 3.8) is 0 Å². The van der Waals surface area contributed by atoms with Crippen LogP contribution in [0.25, 0.3) is 0 Å². The van der Waals surface area contributed by atoms with Crippen LogP contribution in [0.4, 0.5) is 0 Å². The number of benzene rings is 2. The second-order valence-electron chi connectivity index (χ2n) is 4.95. The van der Waals surface area contributed by atoms with Gasteiger partial charge in [0, 0.05) is 5.56 Å². The second-order valence-corrected chi connectivity index (χ2v) is 4.95. The molecule has 0 radical (unpaired) electrons. The van der Waals surface area contributed by atoms with Crippen molar-refractivity contribution in [3.05, 3.63) is 71.8 Å². The Bertz CT molecular complexity index is 587. The summed E-state index contributed by atoms with van der Waals surface area (Å²) in [5, 5.41) is 0. The highest BCUT2D eigenvalue weighted by atomic mass is 16.1. The van der Waals surface area contributed by atoms with E-state index < -0.39 is 0 Å². The van der Waals surface area contributed by atoms with E-state index in [9.17, 15) is 4.79 Å². The molecule has 0 spiro atoms. The van der Waals surface area contributed by atoms with Gasteiger partial charge in [0.2, 0.25) is 5.78 Å². The Hall–Kier alpha value is -2.22. The Morgan fingerprint density at radius 3 is 2.15 bits per heavy atom. The predicted octanol–water partition coefficient (Wildman–Crippen LogP) is 3.96. The Morgan fingerprint density at radius 1 is 1.00 bits per heavy atom. The normalized spacial score (nSPS) is 13.0. The largest absolute Gasteiger partial charge is 0.287 e. The lowest BCUT2D eigenvalue weighted by Crippen LogP contribution is -2.15. The van der Waals surface area contributed by atoms with E-state index in [1.165, 1.54) is 5.56 Å². The molecule has 0 aliphatic rings. The van der Waals surface area contributed by atoms with Crippen LogP contribution < -0.4 is 0 Å². The summed E-state index contributed by atoms with van der Waals surface area (Å²) in [5.74, 6) is 0.00510. The highest BCUT2D eigenvalue weighted by Gasteiger charge is 2.10. The Morgan fingerprint density at radius 2 is 1.55 bits per heavy atom. The summed E-state index contributed by atoms with van der Waals surface area (Å²) >= 11 is 0. The van der Waals surface area contributed by atoms with Crippen molar-refractivity contribution in [3.8, 4) is 0 Å². The molecular weight excluding hydrogens is 246 g/mol. The summed E-state index contributed by atoms with van der Waals surface area (Å²) in [6, 6.07) is 19.6. The maximum absolute atomic E-state index is 12.2. The fourth-order valence-electron chi connectivity index (χ4n) is 2.19. The third-order valence-corrected chi connectivity index (χ3v) is 3.15. The maximum atomic E-state index is 12.2. The van der Waals surface area contributed by atoms with Crippen molar-refractivity contribution in [2.75, 3.05) is 0 Å². The van der Waals surface area contributed by atoms with Gasteiger partial charge in [-0.3, -0.25) is 9.79 Å². The van der Waals surface area contributed by atoms with Gasteiger partial charge in [-0.05, 0) is 25.8 Å². The Kier molecular flexibility index (Phi) is 4.83. The van der Waals surface area contributed by atoms with E-state index in [2.05, 4.69) is 17.1 Å². The van der Waals surface area contributed by atoms with Gasteiger partial charge in [-0.15, -0.1) is 0 Å². The minimum atomic E-state index is 0.00510. The molecule has 2 aromatic rings. The average molecular weight is 265 g/mol. The van der Waals surface area contributed by atoms with Crippen LogP contribution in [0.1, 0.15) is 29.8 Å². The maximum Gasteiger partial charge on any atom is 0.206 e. The number of carbonyl (C=O) groups excluding carboxylic acids is 1. The molecule has 0 bridgehead atoms. The summed E-state index contributed by atoms with van der Waals surface area (Å²) < 4.78 is 0. The summed E-state index contributed by atoms with van der Waals surface area (Å²) in [5.41, 5.74) is 2.50. The van der Waals surface area contributed by atoms with Crippen molar-refractivity contribution in [2.45, 2.75) is 26.3 Å². The van der Waals surface area contributed by atoms with Gasteiger partial charge in [0.05, 0.1) is 11.8 Å². The zero-order valence-corrected chi connectivity index (χ0v) is 11.9. The van der Waals surface area contributed by atoms with E-state index in [-0.39, 0.29) is 11.8 Å². The molecule has 0 fully saturated rings. The molecule has 2 heteroatoms. The molecule has 0 saturated heterocycles. The van der Waals surface area contributed by atoms with Gasteiger partial charge in [-0.1, -0.05) is 60.7 Å². The number of hydrogen-bond acceptors (Lipinski definition) is 2. The SMILES string of the molecule is CC(=NC(C)Cc1ccccc1)C(=O)c1ccccc1. The van der Waals surface area contributed by atoms with Crippen molar-refractivity contribution < 1.29 is 4.79 Å². The van der Waals surface area contributed by atoms with Crippen LogP contribution in [0.5, 0.6) is 0 Å². The van der Waals surface area contributed by atoms with Crippen LogP contribution in [0.15, 0.2) is 65.7 Å². The first-order valence-electron chi connectivity index (χ1n) is 6.85. The number of rotatable bonds is 5. The van der Waals surface area contributed by atoms with Gasteiger partial charge in [-0.2, -0.15) is 0 Å². The fraction of sp³-hybridized carbons (Fsp3) is 0.222. The second kappa shape index (κ2) is 6.80. The first-order chi connectivity index (χ1) is 9.66. The Labute approximate surface area is 120 Å². The molecule has 2 rings (SSSR count). The van der Waals surface area contributed by atoms with Gasteiger partial charge in [-0.25, -0.2) is 0 Å². The molecule has 2 nitrogen and oxygen atoms in total. The van der Waals surface area contributed by atoms with Crippen LogP contribution in [0.3, 0.4) is 0 Å². The van der Waals surface area contributed by atoms with Gasteiger partial charge in [0.25, 0.3) is 0 Å². The highest BCUT2D eigenvalue weighted by Crippen LogP contribution is 2.07. The lowest BCUT2D eigenvalue weighted by atomic mass is 10.1. The molecule has 1 atom stereocenters. The number of nitrogens with zero attached hydrogens (tertiary/aromatic N) is 1. The summed E-state index contributed by atoms with van der Waals surface area (Å²) in [6.07, 6.45) is 0.847. The van der Waals surface area contributed by atoms with Crippen LogP contribution in [-0.2, 0) is 6.42 Å². The van der Waals surface area contributed by atoms with Crippen molar-refractivity contribution in [1.82, 2.24) is 0 Å². The lowest BCUT2D eigenvalue weighted by molar-refractivity contribution is 0.106. The zero-order valence-electron chi connectivity index (χ0n) is 11.9.